The number of nitrogens with zero attached hydrogens (tertiary/aromatic N) is 1. The molecule has 0 atom stereocenters. The molecule has 0 bridgehead atoms. The first-order valence-electron chi connectivity index (χ1n) is 23.2. The van der Waals surface area contributed by atoms with E-state index in [0.29, 0.717) is 178 Å². The van der Waals surface area contributed by atoms with Gasteiger partial charge < -0.3 is 70.9 Å². The largest absolute Gasteiger partial charge is 0.448 e. The van der Waals surface area contributed by atoms with E-state index in [1.54, 1.807) is 7.05 Å². The quantitative estimate of drug-likeness (QED) is 0.0558. The van der Waals surface area contributed by atoms with Gasteiger partial charge in [0.25, 0.3) is 0 Å². The van der Waals surface area contributed by atoms with Gasteiger partial charge >= 0.3 is 6.09 Å². The van der Waals surface area contributed by atoms with E-state index in [1.165, 1.54) is 27.2 Å². The molecular weight excluding hydrogens is 859 g/mol. The van der Waals surface area contributed by atoms with E-state index < -0.39 is 8.32 Å². The van der Waals surface area contributed by atoms with Crippen molar-refractivity contribution < 1.29 is 70.8 Å². The molecule has 3 rings (SSSR count). The summed E-state index contributed by atoms with van der Waals surface area (Å²) < 4.78 is 78.3. The second-order valence-electron chi connectivity index (χ2n) is 16.7. The number of rotatable bonds is 42. The van der Waals surface area contributed by atoms with Gasteiger partial charge in [0.1, 0.15) is 6.61 Å². The highest BCUT2D eigenvalue weighted by atomic mass is 28.4. The zero-order valence-corrected chi connectivity index (χ0v) is 41.4. The van der Waals surface area contributed by atoms with Crippen LogP contribution in [0.2, 0.25) is 18.1 Å². The van der Waals surface area contributed by atoms with E-state index in [2.05, 4.69) is 58.1 Å². The Labute approximate surface area is 390 Å². The summed E-state index contributed by atoms with van der Waals surface area (Å²) in [6, 6.07) is 16.6. The highest BCUT2D eigenvalue weighted by Crippen LogP contribution is 2.44. The first kappa shape index (κ1) is 56.7. The summed E-state index contributed by atoms with van der Waals surface area (Å²) in [5.74, 6) is 0.0355. The van der Waals surface area contributed by atoms with Crippen LogP contribution in [0.3, 0.4) is 0 Å². The average Bonchev–Trinajstić information content (AvgIpc) is 3.61. The fourth-order valence-corrected chi connectivity index (χ4v) is 7.12. The molecule has 0 unspecified atom stereocenters. The van der Waals surface area contributed by atoms with Gasteiger partial charge in [-0.25, -0.2) is 4.79 Å². The van der Waals surface area contributed by atoms with E-state index in [0.717, 1.165) is 0 Å². The number of ether oxygens (including phenoxy) is 13. The number of amides is 1. The summed E-state index contributed by atoms with van der Waals surface area (Å²) in [5, 5.41) is 0.209. The molecule has 0 aliphatic heterocycles. The summed E-state index contributed by atoms with van der Waals surface area (Å²) >= 11 is 0. The minimum absolute atomic E-state index is 0.0355. The molecule has 0 N–H and O–H groups in total. The lowest BCUT2D eigenvalue weighted by Gasteiger charge is -2.36. The van der Waals surface area contributed by atoms with Crippen LogP contribution in [0.25, 0.3) is 11.1 Å². The molecule has 2 aromatic carbocycles. The van der Waals surface area contributed by atoms with Gasteiger partial charge in [-0.05, 0) is 40.4 Å². The third-order valence-electron chi connectivity index (χ3n) is 10.8. The number of hydrogen-bond acceptors (Lipinski definition) is 15. The Kier molecular flexibility index (Phi) is 31.0. The second kappa shape index (κ2) is 35.5. The van der Waals surface area contributed by atoms with Crippen molar-refractivity contribution >= 4 is 14.4 Å². The van der Waals surface area contributed by atoms with Crippen LogP contribution >= 0.6 is 0 Å². The Morgan fingerprint density at radius 1 is 0.462 bits per heavy atom. The minimum Gasteiger partial charge on any atom is -0.448 e. The third-order valence-corrected chi connectivity index (χ3v) is 15.3. The molecule has 0 radical (unpaired) electrons. The first-order valence-corrected chi connectivity index (χ1v) is 26.2. The molecule has 0 saturated heterocycles. The van der Waals surface area contributed by atoms with E-state index in [-0.39, 0.29) is 17.0 Å². The first-order chi connectivity index (χ1) is 31.6. The van der Waals surface area contributed by atoms with Crippen molar-refractivity contribution in [1.29, 1.82) is 0 Å². The van der Waals surface area contributed by atoms with Crippen molar-refractivity contribution in [2.45, 2.75) is 44.8 Å². The molecule has 1 amide bonds. The van der Waals surface area contributed by atoms with Crippen LogP contribution < -0.4 is 0 Å². The van der Waals surface area contributed by atoms with Crippen LogP contribution in [0.5, 0.6) is 0 Å². The van der Waals surface area contributed by atoms with Crippen LogP contribution in [0.4, 0.5) is 4.79 Å². The fraction of sp³-hybridized carbons (Fsp3) is 0.729. The lowest BCUT2D eigenvalue weighted by molar-refractivity contribution is -0.0286. The fourth-order valence-electron chi connectivity index (χ4n) is 6.09. The molecule has 1 aliphatic rings. The Hall–Kier alpha value is -2.59. The van der Waals surface area contributed by atoms with Gasteiger partial charge in [0, 0.05) is 19.5 Å². The van der Waals surface area contributed by atoms with Crippen molar-refractivity contribution in [3.8, 4) is 11.1 Å². The minimum atomic E-state index is -1.71. The second-order valence-corrected chi connectivity index (χ2v) is 21.5. The summed E-state index contributed by atoms with van der Waals surface area (Å²) in [6.07, 6.45) is -0.366. The molecule has 0 spiro atoms. The molecule has 0 aromatic heterocycles. The van der Waals surface area contributed by atoms with Gasteiger partial charge in [-0.3, -0.25) is 0 Å². The smallest absolute Gasteiger partial charge is 0.409 e. The Morgan fingerprint density at radius 3 is 1.05 bits per heavy atom. The highest BCUT2D eigenvalue weighted by Gasteiger charge is 2.37. The molecule has 65 heavy (non-hydrogen) atoms. The van der Waals surface area contributed by atoms with Gasteiger partial charge in [-0.15, -0.1) is 0 Å². The van der Waals surface area contributed by atoms with Crippen molar-refractivity contribution in [3.63, 3.8) is 0 Å². The van der Waals surface area contributed by atoms with Gasteiger partial charge in [-0.1, -0.05) is 69.3 Å². The number of carbonyl (C=O) groups excluding carboxylic acids is 1. The lowest BCUT2D eigenvalue weighted by atomic mass is 9.98. The number of hydrogen-bond donors (Lipinski definition) is 0. The zero-order chi connectivity index (χ0) is 46.7. The topological polar surface area (TPSA) is 150 Å². The number of fused-ring (bicyclic) bond motifs is 3. The summed E-state index contributed by atoms with van der Waals surface area (Å²) in [6.45, 7) is 24.4. The molecule has 0 heterocycles. The number of benzene rings is 2. The van der Waals surface area contributed by atoms with Gasteiger partial charge in [0.05, 0.1) is 165 Å². The zero-order valence-electron chi connectivity index (χ0n) is 40.4. The SMILES string of the molecule is CN(CCOCCOCCOCCOCCOCCOCCOCCOCCOCCOCCOCCOCCO[Si](C)(C)C(C)(C)C)C(=O)OCC1c2ccccc2-c2ccccc21. The number of likely N-dealkylation sites (N-methyl/N-ethyl adjacent to an activating group) is 1. The Morgan fingerprint density at radius 2 is 0.738 bits per heavy atom. The van der Waals surface area contributed by atoms with E-state index in [1.807, 2.05) is 24.3 Å². The van der Waals surface area contributed by atoms with Crippen LogP contribution in [-0.4, -0.2) is 205 Å². The van der Waals surface area contributed by atoms with Crippen LogP contribution in [0, 0.1) is 0 Å². The predicted octanol–water partition coefficient (Wildman–Crippen LogP) is 6.09. The molecule has 1 aliphatic carbocycles. The molecule has 17 heteroatoms. The Balaban J connectivity index is 0.932. The van der Waals surface area contributed by atoms with E-state index in [9.17, 15) is 4.79 Å². The Bertz CT molecular complexity index is 1440. The number of carbonyl (C=O) groups is 1. The monoisotopic (exact) mass is 940 g/mol. The van der Waals surface area contributed by atoms with Crippen LogP contribution in [-0.2, 0) is 66.0 Å². The van der Waals surface area contributed by atoms with Crippen molar-refractivity contribution in [1.82, 2.24) is 4.90 Å². The molecule has 2 aromatic rings. The van der Waals surface area contributed by atoms with Crippen molar-refractivity contribution in [2.24, 2.45) is 0 Å². The molecule has 0 fully saturated rings. The van der Waals surface area contributed by atoms with Crippen molar-refractivity contribution in [3.05, 3.63) is 59.7 Å². The normalized spacial score (nSPS) is 12.8. The van der Waals surface area contributed by atoms with Gasteiger partial charge in [0.2, 0.25) is 0 Å². The highest BCUT2D eigenvalue weighted by molar-refractivity contribution is 6.74. The summed E-state index contributed by atoms with van der Waals surface area (Å²) in [4.78, 5) is 14.2. The van der Waals surface area contributed by atoms with Gasteiger partial charge in [0.15, 0.2) is 8.32 Å². The standard InChI is InChI=1S/C48H81NO15Si/c1-48(2,3)65(5,6)64-40-39-62-38-37-61-36-35-60-34-33-59-32-31-58-30-29-57-28-27-56-26-25-55-24-23-54-22-21-53-20-19-52-18-17-51-16-15-49(4)47(50)63-41-46-44-13-9-7-11-42(44)43-12-8-10-14-45(43)46/h7-14,46H,15-41H2,1-6H3. The lowest BCUT2D eigenvalue weighted by Crippen LogP contribution is -2.41. The summed E-state index contributed by atoms with van der Waals surface area (Å²) in [5.41, 5.74) is 4.79. The van der Waals surface area contributed by atoms with Crippen LogP contribution in [0.1, 0.15) is 37.8 Å². The van der Waals surface area contributed by atoms with Gasteiger partial charge in [-0.2, -0.15) is 0 Å². The maximum atomic E-state index is 12.6. The molecule has 16 nitrogen and oxygen atoms in total. The molecule has 0 saturated carbocycles. The van der Waals surface area contributed by atoms with E-state index in [4.69, 9.17) is 66.0 Å². The third kappa shape index (κ3) is 25.4. The molecular formula is C48H81NO15Si. The average molecular weight is 940 g/mol. The van der Waals surface area contributed by atoms with E-state index >= 15 is 0 Å². The van der Waals surface area contributed by atoms with Crippen molar-refractivity contribution in [2.75, 3.05) is 185 Å². The summed E-state index contributed by atoms with van der Waals surface area (Å²) in [7, 11) is 0.00461. The molecule has 372 valence electrons. The van der Waals surface area contributed by atoms with Crippen LogP contribution in [0.15, 0.2) is 48.5 Å². The predicted molar refractivity (Wildman–Crippen MR) is 251 cm³/mol. The maximum Gasteiger partial charge on any atom is 0.409 e. The maximum absolute atomic E-state index is 12.6.